The Kier molecular flexibility index (Phi) is 4.08. The number of benzene rings is 1. The second-order valence-electron chi connectivity index (χ2n) is 3.97. The smallest absolute Gasteiger partial charge is 0.337 e. The van der Waals surface area contributed by atoms with Crippen LogP contribution in [0.3, 0.4) is 0 Å². The van der Waals surface area contributed by atoms with Crippen molar-refractivity contribution in [3.8, 4) is 11.3 Å². The van der Waals surface area contributed by atoms with Gasteiger partial charge in [-0.25, -0.2) is 4.79 Å². The predicted molar refractivity (Wildman–Crippen MR) is 76.0 cm³/mol. The van der Waals surface area contributed by atoms with Crippen molar-refractivity contribution in [2.45, 2.75) is 13.3 Å². The van der Waals surface area contributed by atoms with Crippen LogP contribution >= 0.6 is 23.2 Å². The Hall–Kier alpha value is -1.58. The van der Waals surface area contributed by atoms with Crippen molar-refractivity contribution in [3.63, 3.8) is 0 Å². The number of pyridine rings is 1. The van der Waals surface area contributed by atoms with Crippen molar-refractivity contribution in [1.29, 1.82) is 0 Å². The molecule has 5 heteroatoms. The number of aromatic carboxylic acids is 1. The van der Waals surface area contributed by atoms with E-state index in [2.05, 4.69) is 4.98 Å². The monoisotopic (exact) mass is 295 g/mol. The Morgan fingerprint density at radius 3 is 2.58 bits per heavy atom. The molecule has 1 heterocycles. The highest BCUT2D eigenvalue weighted by atomic mass is 35.5. The van der Waals surface area contributed by atoms with Gasteiger partial charge in [0.15, 0.2) is 0 Å². The number of rotatable bonds is 3. The van der Waals surface area contributed by atoms with E-state index in [-0.39, 0.29) is 5.56 Å². The normalized spacial score (nSPS) is 10.5. The molecule has 0 aliphatic carbocycles. The van der Waals surface area contributed by atoms with Gasteiger partial charge in [0.2, 0.25) is 0 Å². The van der Waals surface area contributed by atoms with Crippen molar-refractivity contribution in [3.05, 3.63) is 51.6 Å². The van der Waals surface area contributed by atoms with Gasteiger partial charge < -0.3 is 5.11 Å². The van der Waals surface area contributed by atoms with Crippen LogP contribution in [0, 0.1) is 0 Å². The summed E-state index contributed by atoms with van der Waals surface area (Å²) < 4.78 is 0. The molecule has 0 bridgehead atoms. The molecule has 0 unspecified atom stereocenters. The van der Waals surface area contributed by atoms with Gasteiger partial charge in [0.1, 0.15) is 0 Å². The molecule has 0 amide bonds. The highest BCUT2D eigenvalue weighted by Gasteiger charge is 2.13. The minimum absolute atomic E-state index is 0.219. The molecule has 0 aliphatic heterocycles. The first kappa shape index (κ1) is 13.8. The SMILES string of the molecule is CCc1nc(-c2ccc(Cl)cc2Cl)ccc1C(=O)O. The van der Waals surface area contributed by atoms with E-state index in [4.69, 9.17) is 28.3 Å². The van der Waals surface area contributed by atoms with Crippen LogP contribution in [0.25, 0.3) is 11.3 Å². The van der Waals surface area contributed by atoms with E-state index in [0.29, 0.717) is 27.9 Å². The fourth-order valence-corrected chi connectivity index (χ4v) is 2.32. The Morgan fingerprint density at radius 2 is 2.00 bits per heavy atom. The van der Waals surface area contributed by atoms with Crippen LogP contribution in [0.15, 0.2) is 30.3 Å². The summed E-state index contributed by atoms with van der Waals surface area (Å²) in [6, 6.07) is 8.33. The van der Waals surface area contributed by atoms with Crippen LogP contribution in [0.2, 0.25) is 10.0 Å². The fourth-order valence-electron chi connectivity index (χ4n) is 1.81. The minimum atomic E-state index is -0.974. The maximum atomic E-state index is 11.1. The van der Waals surface area contributed by atoms with Crippen molar-refractivity contribution in [2.24, 2.45) is 0 Å². The van der Waals surface area contributed by atoms with Crippen molar-refractivity contribution in [2.75, 3.05) is 0 Å². The highest BCUT2D eigenvalue weighted by Crippen LogP contribution is 2.29. The summed E-state index contributed by atoms with van der Waals surface area (Å²) in [7, 11) is 0. The fraction of sp³-hybridized carbons (Fsp3) is 0.143. The third kappa shape index (κ3) is 2.88. The van der Waals surface area contributed by atoms with E-state index in [1.54, 1.807) is 30.3 Å². The predicted octanol–water partition coefficient (Wildman–Crippen LogP) is 4.32. The topological polar surface area (TPSA) is 50.2 Å². The third-order valence-corrected chi connectivity index (χ3v) is 3.29. The van der Waals surface area contributed by atoms with E-state index in [1.165, 1.54) is 0 Å². The van der Waals surface area contributed by atoms with Crippen LogP contribution < -0.4 is 0 Å². The van der Waals surface area contributed by atoms with Gasteiger partial charge >= 0.3 is 5.97 Å². The Morgan fingerprint density at radius 1 is 1.26 bits per heavy atom. The summed E-state index contributed by atoms with van der Waals surface area (Å²) in [6.07, 6.45) is 0.542. The molecule has 98 valence electrons. The molecule has 0 saturated heterocycles. The average Bonchev–Trinajstić information content (AvgIpc) is 2.37. The van der Waals surface area contributed by atoms with Gasteiger partial charge in [-0.2, -0.15) is 0 Å². The summed E-state index contributed by atoms with van der Waals surface area (Å²) in [5, 5.41) is 10.1. The number of nitrogens with zero attached hydrogens (tertiary/aromatic N) is 1. The largest absolute Gasteiger partial charge is 0.478 e. The van der Waals surface area contributed by atoms with Gasteiger partial charge in [0.05, 0.1) is 22.0 Å². The van der Waals surface area contributed by atoms with Crippen molar-refractivity contribution in [1.82, 2.24) is 4.98 Å². The lowest BCUT2D eigenvalue weighted by molar-refractivity contribution is 0.0695. The summed E-state index contributed by atoms with van der Waals surface area (Å²) >= 11 is 12.0. The Balaban J connectivity index is 2.54. The van der Waals surface area contributed by atoms with Crippen molar-refractivity contribution >= 4 is 29.2 Å². The number of carboxylic acids is 1. The van der Waals surface area contributed by atoms with Gasteiger partial charge in [-0.1, -0.05) is 30.1 Å². The lowest BCUT2D eigenvalue weighted by Gasteiger charge is -2.08. The zero-order chi connectivity index (χ0) is 14.0. The van der Waals surface area contributed by atoms with E-state index in [1.807, 2.05) is 6.92 Å². The zero-order valence-electron chi connectivity index (χ0n) is 10.2. The molecule has 19 heavy (non-hydrogen) atoms. The molecular weight excluding hydrogens is 285 g/mol. The first-order chi connectivity index (χ1) is 9.02. The quantitative estimate of drug-likeness (QED) is 0.917. The van der Waals surface area contributed by atoms with Crippen LogP contribution in [-0.4, -0.2) is 16.1 Å². The first-order valence-electron chi connectivity index (χ1n) is 5.71. The highest BCUT2D eigenvalue weighted by molar-refractivity contribution is 6.36. The average molecular weight is 296 g/mol. The van der Waals surface area contributed by atoms with Crippen LogP contribution in [0.4, 0.5) is 0 Å². The summed E-state index contributed by atoms with van der Waals surface area (Å²) in [4.78, 5) is 15.4. The molecule has 0 saturated carbocycles. The van der Waals surface area contributed by atoms with Gasteiger partial charge in [-0.05, 0) is 36.8 Å². The molecule has 0 spiro atoms. The van der Waals surface area contributed by atoms with Gasteiger partial charge in [0.25, 0.3) is 0 Å². The molecule has 3 nitrogen and oxygen atoms in total. The molecule has 0 aliphatic rings. The van der Waals surface area contributed by atoms with Gasteiger partial charge in [-0.15, -0.1) is 0 Å². The van der Waals surface area contributed by atoms with Gasteiger partial charge in [-0.3, -0.25) is 4.98 Å². The second-order valence-corrected chi connectivity index (χ2v) is 4.82. The molecule has 1 aromatic heterocycles. The maximum Gasteiger partial charge on any atom is 0.337 e. The van der Waals surface area contributed by atoms with Crippen LogP contribution in [0.1, 0.15) is 23.0 Å². The Bertz CT molecular complexity index is 641. The minimum Gasteiger partial charge on any atom is -0.478 e. The maximum absolute atomic E-state index is 11.1. The van der Waals surface area contributed by atoms with Crippen LogP contribution in [-0.2, 0) is 6.42 Å². The number of hydrogen-bond acceptors (Lipinski definition) is 2. The molecule has 0 fully saturated rings. The van der Waals surface area contributed by atoms with E-state index < -0.39 is 5.97 Å². The number of aryl methyl sites for hydroxylation is 1. The molecule has 2 aromatic rings. The lowest BCUT2D eigenvalue weighted by Crippen LogP contribution is -2.04. The molecule has 2 rings (SSSR count). The number of halogens is 2. The number of hydrogen-bond donors (Lipinski definition) is 1. The van der Waals surface area contributed by atoms with E-state index in [0.717, 1.165) is 5.56 Å². The standard InChI is InChI=1S/C14H11Cl2NO2/c1-2-12-10(14(18)19)5-6-13(17-12)9-4-3-8(15)7-11(9)16/h3-7H,2H2,1H3,(H,18,19). The van der Waals surface area contributed by atoms with Crippen LogP contribution in [0.5, 0.6) is 0 Å². The van der Waals surface area contributed by atoms with E-state index in [9.17, 15) is 4.79 Å². The number of aromatic nitrogens is 1. The Labute approximate surface area is 120 Å². The number of carbonyl (C=O) groups is 1. The molecule has 0 atom stereocenters. The third-order valence-electron chi connectivity index (χ3n) is 2.75. The first-order valence-corrected chi connectivity index (χ1v) is 6.47. The molecule has 1 N–H and O–H groups in total. The molecule has 0 radical (unpaired) electrons. The van der Waals surface area contributed by atoms with E-state index >= 15 is 0 Å². The summed E-state index contributed by atoms with van der Waals surface area (Å²) in [6.45, 7) is 1.86. The lowest BCUT2D eigenvalue weighted by atomic mass is 10.1. The molecule has 1 aromatic carbocycles. The summed E-state index contributed by atoms with van der Waals surface area (Å²) in [5.74, 6) is -0.974. The van der Waals surface area contributed by atoms with Gasteiger partial charge in [0, 0.05) is 10.6 Å². The molecular formula is C14H11Cl2NO2. The van der Waals surface area contributed by atoms with Crippen molar-refractivity contribution < 1.29 is 9.90 Å². The zero-order valence-corrected chi connectivity index (χ0v) is 11.7. The summed E-state index contributed by atoms with van der Waals surface area (Å²) in [5.41, 5.74) is 2.13. The number of carboxylic acid groups (broad SMARTS) is 1. The second kappa shape index (κ2) is 5.59.